The summed E-state index contributed by atoms with van der Waals surface area (Å²) in [7, 11) is 0. The van der Waals surface area contributed by atoms with Gasteiger partial charge in [0.05, 0.1) is 11.7 Å². The van der Waals surface area contributed by atoms with E-state index in [0.717, 1.165) is 18.7 Å². The van der Waals surface area contributed by atoms with Crippen LogP contribution in [0, 0.1) is 0 Å². The topological polar surface area (TPSA) is 42.1 Å². The van der Waals surface area contributed by atoms with Crippen molar-refractivity contribution in [2.45, 2.75) is 25.3 Å². The van der Waals surface area contributed by atoms with Crippen molar-refractivity contribution in [2.75, 3.05) is 18.0 Å². The highest BCUT2D eigenvalue weighted by Gasteiger charge is 2.23. The number of aromatic nitrogens is 1. The first-order valence-corrected chi connectivity index (χ1v) is 7.35. The van der Waals surface area contributed by atoms with Gasteiger partial charge in [-0.1, -0.05) is 24.3 Å². The van der Waals surface area contributed by atoms with E-state index in [4.69, 9.17) is 5.73 Å². The standard InChI is InChI=1S/C17H21N3/c18-13-17(15-9-3-5-11-19-15)20-12-6-4-8-14-7-1-2-10-16(14)20/h1-3,5,7,9-11,17H,4,6,8,12-13,18H2. The molecule has 104 valence electrons. The molecule has 0 amide bonds. The molecule has 1 aliphatic rings. The molecule has 0 bridgehead atoms. The van der Waals surface area contributed by atoms with E-state index < -0.39 is 0 Å². The number of fused-ring (bicyclic) bond motifs is 1. The van der Waals surface area contributed by atoms with Gasteiger partial charge in [-0.3, -0.25) is 4.98 Å². The van der Waals surface area contributed by atoms with Crippen LogP contribution >= 0.6 is 0 Å². The fourth-order valence-electron chi connectivity index (χ4n) is 3.02. The van der Waals surface area contributed by atoms with Crippen LogP contribution < -0.4 is 10.6 Å². The normalized spacial score (nSPS) is 16.4. The Labute approximate surface area is 120 Å². The van der Waals surface area contributed by atoms with Crippen molar-refractivity contribution in [3.05, 3.63) is 59.9 Å². The minimum absolute atomic E-state index is 0.162. The van der Waals surface area contributed by atoms with Crippen LogP contribution in [-0.2, 0) is 6.42 Å². The average Bonchev–Trinajstić information content (AvgIpc) is 2.72. The van der Waals surface area contributed by atoms with Crippen molar-refractivity contribution in [3.8, 4) is 0 Å². The predicted octanol–water partition coefficient (Wildman–Crippen LogP) is 2.92. The van der Waals surface area contributed by atoms with Gasteiger partial charge in [-0.15, -0.1) is 0 Å². The van der Waals surface area contributed by atoms with E-state index in [1.807, 2.05) is 18.3 Å². The van der Waals surface area contributed by atoms with Crippen molar-refractivity contribution in [3.63, 3.8) is 0 Å². The van der Waals surface area contributed by atoms with Crippen LogP contribution in [0.3, 0.4) is 0 Å². The Morgan fingerprint density at radius 1 is 1.10 bits per heavy atom. The third-order valence-electron chi connectivity index (χ3n) is 4.02. The predicted molar refractivity (Wildman–Crippen MR) is 82.8 cm³/mol. The molecule has 3 nitrogen and oxygen atoms in total. The third kappa shape index (κ3) is 2.54. The van der Waals surface area contributed by atoms with E-state index in [9.17, 15) is 0 Å². The lowest BCUT2D eigenvalue weighted by molar-refractivity contribution is 0.598. The zero-order valence-corrected chi connectivity index (χ0v) is 11.7. The van der Waals surface area contributed by atoms with Gasteiger partial charge in [0.1, 0.15) is 0 Å². The summed E-state index contributed by atoms with van der Waals surface area (Å²) >= 11 is 0. The first-order chi connectivity index (χ1) is 9.90. The maximum Gasteiger partial charge on any atom is 0.0835 e. The Hall–Kier alpha value is -1.87. The molecule has 20 heavy (non-hydrogen) atoms. The molecular formula is C17H21N3. The lowest BCUT2D eigenvalue weighted by Crippen LogP contribution is -2.35. The molecule has 0 fully saturated rings. The van der Waals surface area contributed by atoms with Gasteiger partial charge >= 0.3 is 0 Å². The number of aryl methyl sites for hydroxylation is 1. The van der Waals surface area contributed by atoms with Crippen LogP contribution in [0.4, 0.5) is 5.69 Å². The number of nitrogens with zero attached hydrogens (tertiary/aromatic N) is 2. The average molecular weight is 267 g/mol. The molecule has 1 aromatic heterocycles. The minimum Gasteiger partial charge on any atom is -0.361 e. The third-order valence-corrected chi connectivity index (χ3v) is 4.02. The molecule has 1 aliphatic heterocycles. The number of pyridine rings is 1. The van der Waals surface area contributed by atoms with Crippen molar-refractivity contribution in [2.24, 2.45) is 5.73 Å². The second-order valence-corrected chi connectivity index (χ2v) is 5.29. The van der Waals surface area contributed by atoms with E-state index in [-0.39, 0.29) is 6.04 Å². The van der Waals surface area contributed by atoms with Gasteiger partial charge in [-0.2, -0.15) is 0 Å². The largest absolute Gasteiger partial charge is 0.361 e. The van der Waals surface area contributed by atoms with Crippen LogP contribution in [0.15, 0.2) is 48.7 Å². The molecule has 0 aliphatic carbocycles. The fourth-order valence-corrected chi connectivity index (χ4v) is 3.02. The highest BCUT2D eigenvalue weighted by atomic mass is 15.2. The van der Waals surface area contributed by atoms with Gasteiger partial charge in [0, 0.05) is 25.0 Å². The number of para-hydroxylation sites is 1. The van der Waals surface area contributed by atoms with E-state index in [1.54, 1.807) is 0 Å². The molecule has 3 rings (SSSR count). The van der Waals surface area contributed by atoms with Crippen molar-refractivity contribution >= 4 is 5.69 Å². The zero-order chi connectivity index (χ0) is 13.8. The first kappa shape index (κ1) is 13.1. The first-order valence-electron chi connectivity index (χ1n) is 7.35. The molecule has 0 radical (unpaired) electrons. The SMILES string of the molecule is NCC(c1ccccn1)N1CCCCc2ccccc21. The van der Waals surface area contributed by atoms with Crippen molar-refractivity contribution in [1.82, 2.24) is 4.98 Å². The Morgan fingerprint density at radius 3 is 2.75 bits per heavy atom. The van der Waals surface area contributed by atoms with Gasteiger partial charge in [-0.25, -0.2) is 0 Å². The summed E-state index contributed by atoms with van der Waals surface area (Å²) in [5.41, 5.74) is 9.88. The Balaban J connectivity index is 1.99. The summed E-state index contributed by atoms with van der Waals surface area (Å²) in [6.45, 7) is 1.64. The molecule has 0 spiro atoms. The van der Waals surface area contributed by atoms with E-state index >= 15 is 0 Å². The van der Waals surface area contributed by atoms with E-state index in [1.165, 1.54) is 24.1 Å². The molecule has 1 atom stereocenters. The number of hydrogen-bond donors (Lipinski definition) is 1. The van der Waals surface area contributed by atoms with Crippen LogP contribution in [0.5, 0.6) is 0 Å². The lowest BCUT2D eigenvalue weighted by Gasteiger charge is -2.32. The van der Waals surface area contributed by atoms with Gasteiger partial charge in [-0.05, 0) is 43.0 Å². The zero-order valence-electron chi connectivity index (χ0n) is 11.7. The Bertz CT molecular complexity index is 553. The maximum absolute atomic E-state index is 6.06. The molecule has 2 heterocycles. The minimum atomic E-state index is 0.162. The Kier molecular flexibility index (Phi) is 3.97. The summed E-state index contributed by atoms with van der Waals surface area (Å²) in [6.07, 6.45) is 5.46. The van der Waals surface area contributed by atoms with Gasteiger partial charge in [0.25, 0.3) is 0 Å². The molecule has 0 saturated heterocycles. The highest BCUT2D eigenvalue weighted by molar-refractivity contribution is 5.56. The van der Waals surface area contributed by atoms with Gasteiger partial charge in [0.15, 0.2) is 0 Å². The number of hydrogen-bond acceptors (Lipinski definition) is 3. The van der Waals surface area contributed by atoms with Crippen LogP contribution in [0.2, 0.25) is 0 Å². The molecule has 3 heteroatoms. The molecule has 2 aromatic rings. The Morgan fingerprint density at radius 2 is 1.95 bits per heavy atom. The smallest absolute Gasteiger partial charge is 0.0835 e. The summed E-state index contributed by atoms with van der Waals surface area (Å²) in [4.78, 5) is 6.94. The molecule has 1 aromatic carbocycles. The van der Waals surface area contributed by atoms with Crippen molar-refractivity contribution < 1.29 is 0 Å². The second kappa shape index (κ2) is 6.06. The number of nitrogens with two attached hydrogens (primary N) is 1. The molecule has 0 saturated carbocycles. The van der Waals surface area contributed by atoms with Gasteiger partial charge < -0.3 is 10.6 Å². The summed E-state index contributed by atoms with van der Waals surface area (Å²) in [6, 6.07) is 14.9. The van der Waals surface area contributed by atoms with E-state index in [0.29, 0.717) is 6.54 Å². The summed E-state index contributed by atoms with van der Waals surface area (Å²) in [5, 5.41) is 0. The summed E-state index contributed by atoms with van der Waals surface area (Å²) < 4.78 is 0. The number of rotatable bonds is 3. The lowest BCUT2D eigenvalue weighted by atomic mass is 10.1. The quantitative estimate of drug-likeness (QED) is 0.929. The number of anilines is 1. The van der Waals surface area contributed by atoms with Crippen molar-refractivity contribution in [1.29, 1.82) is 0 Å². The van der Waals surface area contributed by atoms with Crippen LogP contribution in [0.1, 0.15) is 30.1 Å². The monoisotopic (exact) mass is 267 g/mol. The number of benzene rings is 1. The molecule has 2 N–H and O–H groups in total. The highest BCUT2D eigenvalue weighted by Crippen LogP contribution is 2.32. The molecular weight excluding hydrogens is 246 g/mol. The van der Waals surface area contributed by atoms with Crippen LogP contribution in [-0.4, -0.2) is 18.1 Å². The van der Waals surface area contributed by atoms with Crippen LogP contribution in [0.25, 0.3) is 0 Å². The fraction of sp³-hybridized carbons (Fsp3) is 0.353. The summed E-state index contributed by atoms with van der Waals surface area (Å²) in [5.74, 6) is 0. The van der Waals surface area contributed by atoms with E-state index in [2.05, 4.69) is 40.2 Å². The maximum atomic E-state index is 6.06. The molecule has 1 unspecified atom stereocenters. The van der Waals surface area contributed by atoms with Gasteiger partial charge in [0.2, 0.25) is 0 Å². The second-order valence-electron chi connectivity index (χ2n) is 5.29.